The van der Waals surface area contributed by atoms with Gasteiger partial charge in [0.1, 0.15) is 0 Å². The van der Waals surface area contributed by atoms with Crippen molar-refractivity contribution in [2.45, 2.75) is 32.5 Å². The van der Waals surface area contributed by atoms with Crippen LogP contribution in [0.3, 0.4) is 0 Å². The van der Waals surface area contributed by atoms with Crippen LogP contribution >= 0.6 is 23.2 Å². The number of carbonyl (C=O) groups is 1. The summed E-state index contributed by atoms with van der Waals surface area (Å²) in [5.74, 6) is -0.991. The van der Waals surface area contributed by atoms with Gasteiger partial charge in [-0.15, -0.1) is 0 Å². The minimum Gasteiger partial charge on any atom is -0.479 e. The lowest BCUT2D eigenvalue weighted by Crippen LogP contribution is -2.29. The van der Waals surface area contributed by atoms with Crippen LogP contribution in [0, 0.1) is 0 Å². The second-order valence-corrected chi connectivity index (χ2v) is 4.87. The Bertz CT molecular complexity index is 384. The van der Waals surface area contributed by atoms with Crippen molar-refractivity contribution in [2.75, 3.05) is 0 Å². The molecule has 3 nitrogen and oxygen atoms in total. The van der Waals surface area contributed by atoms with E-state index in [0.29, 0.717) is 10.0 Å². The van der Waals surface area contributed by atoms with E-state index in [1.807, 2.05) is 0 Å². The number of rotatable bonds is 5. The molecular weight excluding hydrogens is 263 g/mol. The second kappa shape index (κ2) is 6.24. The summed E-state index contributed by atoms with van der Waals surface area (Å²) in [7, 11) is 0. The van der Waals surface area contributed by atoms with Crippen molar-refractivity contribution in [1.29, 1.82) is 0 Å². The average Bonchev–Trinajstić information content (AvgIpc) is 2.13. The Labute approximate surface area is 110 Å². The van der Waals surface area contributed by atoms with Gasteiger partial charge in [0.15, 0.2) is 6.10 Å². The number of halogens is 2. The molecule has 0 fully saturated rings. The molecule has 0 heterocycles. The predicted molar refractivity (Wildman–Crippen MR) is 67.8 cm³/mol. The molecule has 0 saturated heterocycles. The van der Waals surface area contributed by atoms with Crippen LogP contribution in [0.15, 0.2) is 18.2 Å². The molecule has 0 aromatic heterocycles. The lowest BCUT2D eigenvalue weighted by atomic mass is 10.1. The van der Waals surface area contributed by atoms with Crippen molar-refractivity contribution in [3.05, 3.63) is 33.8 Å². The molecule has 1 aromatic carbocycles. The van der Waals surface area contributed by atoms with E-state index >= 15 is 0 Å². The van der Waals surface area contributed by atoms with E-state index in [4.69, 9.17) is 33.0 Å². The maximum absolute atomic E-state index is 11.0. The first-order chi connectivity index (χ1) is 7.88. The fourth-order valence-electron chi connectivity index (χ4n) is 1.47. The summed E-state index contributed by atoms with van der Waals surface area (Å²) in [5.41, 5.74) is 0.746. The van der Waals surface area contributed by atoms with Gasteiger partial charge in [-0.05, 0) is 37.6 Å². The van der Waals surface area contributed by atoms with E-state index < -0.39 is 12.1 Å². The molecule has 0 radical (unpaired) electrons. The smallest absolute Gasteiger partial charge is 0.333 e. The minimum absolute atomic E-state index is 0.147. The van der Waals surface area contributed by atoms with E-state index in [0.717, 1.165) is 5.56 Å². The third-order valence-corrected chi connectivity index (χ3v) is 2.49. The Morgan fingerprint density at radius 2 is 1.82 bits per heavy atom. The van der Waals surface area contributed by atoms with Crippen molar-refractivity contribution in [3.63, 3.8) is 0 Å². The highest BCUT2D eigenvalue weighted by atomic mass is 35.5. The fourth-order valence-corrected chi connectivity index (χ4v) is 2.04. The Hall–Kier alpha value is -0.770. The molecule has 1 rings (SSSR count). The molecule has 0 bridgehead atoms. The van der Waals surface area contributed by atoms with Crippen LogP contribution in [0.1, 0.15) is 19.4 Å². The third kappa shape index (κ3) is 4.94. The Morgan fingerprint density at radius 3 is 2.24 bits per heavy atom. The van der Waals surface area contributed by atoms with Crippen LogP contribution < -0.4 is 0 Å². The first kappa shape index (κ1) is 14.3. The van der Waals surface area contributed by atoms with Crippen LogP contribution in [0.2, 0.25) is 10.0 Å². The fraction of sp³-hybridized carbons (Fsp3) is 0.417. The standard InChI is InChI=1S/C12H14Cl2O3/c1-7(2)17-11(12(15)16)5-8-3-9(13)6-10(14)4-8/h3-4,6-7,11H,5H2,1-2H3,(H,15,16). The van der Waals surface area contributed by atoms with Crippen molar-refractivity contribution < 1.29 is 14.6 Å². The molecular formula is C12H14Cl2O3. The summed E-state index contributed by atoms with van der Waals surface area (Å²) >= 11 is 11.7. The molecule has 0 saturated carbocycles. The van der Waals surface area contributed by atoms with Crippen LogP contribution in [-0.4, -0.2) is 23.3 Å². The van der Waals surface area contributed by atoms with E-state index in [1.165, 1.54) is 0 Å². The molecule has 0 aliphatic carbocycles. The zero-order valence-electron chi connectivity index (χ0n) is 9.61. The van der Waals surface area contributed by atoms with Crippen molar-refractivity contribution in [2.24, 2.45) is 0 Å². The monoisotopic (exact) mass is 276 g/mol. The lowest BCUT2D eigenvalue weighted by Gasteiger charge is -2.16. The third-order valence-electron chi connectivity index (χ3n) is 2.06. The largest absolute Gasteiger partial charge is 0.479 e. The Morgan fingerprint density at radius 1 is 1.29 bits per heavy atom. The molecule has 1 aromatic rings. The summed E-state index contributed by atoms with van der Waals surface area (Å²) in [6.07, 6.45) is -0.788. The Kier molecular flexibility index (Phi) is 5.25. The maximum atomic E-state index is 11.0. The maximum Gasteiger partial charge on any atom is 0.333 e. The number of hydrogen-bond donors (Lipinski definition) is 1. The molecule has 1 N–H and O–H groups in total. The molecule has 0 spiro atoms. The van der Waals surface area contributed by atoms with E-state index in [1.54, 1.807) is 32.0 Å². The molecule has 94 valence electrons. The molecule has 1 unspecified atom stereocenters. The van der Waals surface area contributed by atoms with Gasteiger partial charge < -0.3 is 9.84 Å². The number of ether oxygens (including phenoxy) is 1. The molecule has 0 aliphatic rings. The summed E-state index contributed by atoms with van der Waals surface area (Å²) in [6, 6.07) is 4.98. The average molecular weight is 277 g/mol. The van der Waals surface area contributed by atoms with E-state index in [9.17, 15) is 4.79 Å². The van der Waals surface area contributed by atoms with Gasteiger partial charge in [-0.25, -0.2) is 4.79 Å². The highest BCUT2D eigenvalue weighted by molar-refractivity contribution is 6.34. The number of aliphatic carboxylic acids is 1. The number of hydrogen-bond acceptors (Lipinski definition) is 2. The van der Waals surface area contributed by atoms with Gasteiger partial charge >= 0.3 is 5.97 Å². The van der Waals surface area contributed by atoms with Crippen molar-refractivity contribution in [3.8, 4) is 0 Å². The summed E-state index contributed by atoms with van der Waals surface area (Å²) in [6.45, 7) is 3.59. The topological polar surface area (TPSA) is 46.5 Å². The van der Waals surface area contributed by atoms with Gasteiger partial charge in [-0.2, -0.15) is 0 Å². The van der Waals surface area contributed by atoms with Crippen LogP contribution in [-0.2, 0) is 16.0 Å². The van der Waals surface area contributed by atoms with Crippen molar-refractivity contribution >= 4 is 29.2 Å². The zero-order chi connectivity index (χ0) is 13.0. The zero-order valence-corrected chi connectivity index (χ0v) is 11.1. The summed E-state index contributed by atoms with van der Waals surface area (Å²) in [4.78, 5) is 11.0. The van der Waals surface area contributed by atoms with Gasteiger partial charge in [-0.3, -0.25) is 0 Å². The van der Waals surface area contributed by atoms with Gasteiger partial charge in [-0.1, -0.05) is 23.2 Å². The summed E-state index contributed by atoms with van der Waals surface area (Å²) in [5, 5.41) is 10.0. The SMILES string of the molecule is CC(C)OC(Cc1cc(Cl)cc(Cl)c1)C(=O)O. The van der Waals surface area contributed by atoms with Gasteiger partial charge in [0.2, 0.25) is 0 Å². The van der Waals surface area contributed by atoms with Gasteiger partial charge in [0.05, 0.1) is 6.10 Å². The quantitative estimate of drug-likeness (QED) is 0.897. The van der Waals surface area contributed by atoms with Gasteiger partial charge in [0.25, 0.3) is 0 Å². The van der Waals surface area contributed by atoms with E-state index in [2.05, 4.69) is 0 Å². The molecule has 17 heavy (non-hydrogen) atoms. The summed E-state index contributed by atoms with van der Waals surface area (Å²) < 4.78 is 5.31. The molecule has 1 atom stereocenters. The number of carboxylic acid groups (broad SMARTS) is 1. The normalized spacial score (nSPS) is 12.8. The lowest BCUT2D eigenvalue weighted by molar-refractivity contribution is -0.153. The van der Waals surface area contributed by atoms with Crippen LogP contribution in [0.4, 0.5) is 0 Å². The van der Waals surface area contributed by atoms with Crippen molar-refractivity contribution in [1.82, 2.24) is 0 Å². The molecule has 0 amide bonds. The van der Waals surface area contributed by atoms with Crippen LogP contribution in [0.5, 0.6) is 0 Å². The minimum atomic E-state index is -0.991. The first-order valence-corrected chi connectivity index (χ1v) is 5.97. The van der Waals surface area contributed by atoms with E-state index in [-0.39, 0.29) is 12.5 Å². The first-order valence-electron chi connectivity index (χ1n) is 5.21. The highest BCUT2D eigenvalue weighted by Gasteiger charge is 2.20. The number of carboxylic acids is 1. The predicted octanol–water partition coefficient (Wildman–Crippen LogP) is 3.41. The highest BCUT2D eigenvalue weighted by Crippen LogP contribution is 2.20. The second-order valence-electron chi connectivity index (χ2n) is 3.99. The Balaban J connectivity index is 2.82. The molecule has 5 heteroatoms. The van der Waals surface area contributed by atoms with Crippen LogP contribution in [0.25, 0.3) is 0 Å². The molecule has 0 aliphatic heterocycles. The number of benzene rings is 1. The van der Waals surface area contributed by atoms with Gasteiger partial charge in [0, 0.05) is 16.5 Å².